The van der Waals surface area contributed by atoms with Crippen LogP contribution >= 0.6 is 0 Å². The molecule has 0 aromatic heterocycles. The minimum atomic E-state index is -0.992. The SMILES string of the molecule is CC(=O)c1ccc(C(=O)CCC(=O)O)cc1. The molecule has 16 heavy (non-hydrogen) atoms. The van der Waals surface area contributed by atoms with E-state index in [9.17, 15) is 14.4 Å². The molecular formula is C12H12O4. The third kappa shape index (κ3) is 3.31. The number of rotatable bonds is 5. The number of carbonyl (C=O) groups excluding carboxylic acids is 2. The summed E-state index contributed by atoms with van der Waals surface area (Å²) in [7, 11) is 0. The fraction of sp³-hybridized carbons (Fsp3) is 0.250. The zero-order chi connectivity index (χ0) is 12.1. The maximum atomic E-state index is 11.5. The van der Waals surface area contributed by atoms with Crippen LogP contribution in [0.2, 0.25) is 0 Å². The van der Waals surface area contributed by atoms with Crippen molar-refractivity contribution in [3.63, 3.8) is 0 Å². The molecule has 0 saturated carbocycles. The highest BCUT2D eigenvalue weighted by Gasteiger charge is 2.08. The largest absolute Gasteiger partial charge is 0.481 e. The van der Waals surface area contributed by atoms with E-state index in [1.54, 1.807) is 24.3 Å². The lowest BCUT2D eigenvalue weighted by atomic mass is 10.0. The summed E-state index contributed by atoms with van der Waals surface area (Å²) in [5.74, 6) is -1.28. The average molecular weight is 220 g/mol. The van der Waals surface area contributed by atoms with E-state index in [0.29, 0.717) is 11.1 Å². The molecule has 0 saturated heterocycles. The van der Waals surface area contributed by atoms with Crippen LogP contribution in [0.5, 0.6) is 0 Å². The van der Waals surface area contributed by atoms with Gasteiger partial charge in [-0.1, -0.05) is 24.3 Å². The number of hydrogen-bond acceptors (Lipinski definition) is 3. The Kier molecular flexibility index (Phi) is 3.94. The average Bonchev–Trinajstić information content (AvgIpc) is 2.26. The van der Waals surface area contributed by atoms with Gasteiger partial charge in [0.1, 0.15) is 0 Å². The summed E-state index contributed by atoms with van der Waals surface area (Å²) in [5.41, 5.74) is 0.973. The molecule has 0 fully saturated rings. The van der Waals surface area contributed by atoms with Gasteiger partial charge in [-0.2, -0.15) is 0 Å². The first-order valence-corrected chi connectivity index (χ1v) is 4.86. The molecule has 0 aliphatic heterocycles. The van der Waals surface area contributed by atoms with Crippen LogP contribution in [0.1, 0.15) is 40.5 Å². The van der Waals surface area contributed by atoms with E-state index in [0.717, 1.165) is 0 Å². The number of aliphatic carboxylic acids is 1. The van der Waals surface area contributed by atoms with Crippen molar-refractivity contribution in [1.29, 1.82) is 0 Å². The Hall–Kier alpha value is -1.97. The highest BCUT2D eigenvalue weighted by atomic mass is 16.4. The van der Waals surface area contributed by atoms with Crippen molar-refractivity contribution in [2.45, 2.75) is 19.8 Å². The standard InChI is InChI=1S/C12H12O4/c1-8(13)9-2-4-10(5-3-9)11(14)6-7-12(15)16/h2-5H,6-7H2,1H3,(H,15,16). The maximum absolute atomic E-state index is 11.5. The maximum Gasteiger partial charge on any atom is 0.303 e. The molecule has 0 spiro atoms. The quantitative estimate of drug-likeness (QED) is 0.769. The van der Waals surface area contributed by atoms with Gasteiger partial charge in [0.25, 0.3) is 0 Å². The molecule has 0 heterocycles. The van der Waals surface area contributed by atoms with Crippen LogP contribution in [0.4, 0.5) is 0 Å². The topological polar surface area (TPSA) is 71.4 Å². The number of Topliss-reactive ketones (excluding diaryl/α,β-unsaturated/α-hetero) is 2. The molecule has 1 aromatic rings. The number of carboxylic acid groups (broad SMARTS) is 1. The second-order valence-corrected chi connectivity index (χ2v) is 3.45. The van der Waals surface area contributed by atoms with E-state index in [1.807, 2.05) is 0 Å². The van der Waals surface area contributed by atoms with Crippen molar-refractivity contribution in [3.05, 3.63) is 35.4 Å². The summed E-state index contributed by atoms with van der Waals surface area (Å²) in [6.07, 6.45) is -0.192. The van der Waals surface area contributed by atoms with E-state index < -0.39 is 5.97 Å². The Morgan fingerprint density at radius 3 is 1.94 bits per heavy atom. The van der Waals surface area contributed by atoms with E-state index in [-0.39, 0.29) is 24.4 Å². The van der Waals surface area contributed by atoms with Gasteiger partial charge < -0.3 is 5.11 Å². The van der Waals surface area contributed by atoms with Gasteiger partial charge in [-0.25, -0.2) is 0 Å². The summed E-state index contributed by atoms with van der Waals surface area (Å²) < 4.78 is 0. The monoisotopic (exact) mass is 220 g/mol. The zero-order valence-electron chi connectivity index (χ0n) is 8.90. The van der Waals surface area contributed by atoms with Crippen LogP contribution in [0.3, 0.4) is 0 Å². The first-order chi connectivity index (χ1) is 7.50. The lowest BCUT2D eigenvalue weighted by molar-refractivity contribution is -0.136. The van der Waals surface area contributed by atoms with Crippen molar-refractivity contribution in [3.8, 4) is 0 Å². The molecule has 4 heteroatoms. The minimum absolute atomic E-state index is 0.0191. The van der Waals surface area contributed by atoms with Crippen molar-refractivity contribution < 1.29 is 19.5 Å². The molecule has 0 aliphatic rings. The van der Waals surface area contributed by atoms with Crippen LogP contribution < -0.4 is 0 Å². The van der Waals surface area contributed by atoms with Crippen LogP contribution in [-0.4, -0.2) is 22.6 Å². The third-order valence-corrected chi connectivity index (χ3v) is 2.18. The van der Waals surface area contributed by atoms with Gasteiger partial charge in [-0.05, 0) is 6.92 Å². The van der Waals surface area contributed by atoms with Gasteiger partial charge in [-0.3, -0.25) is 14.4 Å². The van der Waals surface area contributed by atoms with Crippen LogP contribution in [0.15, 0.2) is 24.3 Å². The number of ketones is 2. The Morgan fingerprint density at radius 1 is 1.00 bits per heavy atom. The van der Waals surface area contributed by atoms with Gasteiger partial charge in [0.15, 0.2) is 11.6 Å². The van der Waals surface area contributed by atoms with E-state index >= 15 is 0 Å². The molecule has 0 bridgehead atoms. The van der Waals surface area contributed by atoms with Crippen molar-refractivity contribution in [1.82, 2.24) is 0 Å². The fourth-order valence-electron chi connectivity index (χ4n) is 1.26. The molecule has 0 aliphatic carbocycles. The van der Waals surface area contributed by atoms with E-state index in [1.165, 1.54) is 6.92 Å². The molecule has 0 amide bonds. The smallest absolute Gasteiger partial charge is 0.303 e. The van der Waals surface area contributed by atoms with Gasteiger partial charge in [-0.15, -0.1) is 0 Å². The summed E-state index contributed by atoms with van der Waals surface area (Å²) >= 11 is 0. The fourth-order valence-corrected chi connectivity index (χ4v) is 1.26. The summed E-state index contributed by atoms with van der Waals surface area (Å²) in [6.45, 7) is 1.45. The van der Waals surface area contributed by atoms with Gasteiger partial charge in [0.2, 0.25) is 0 Å². The Balaban J connectivity index is 2.70. The van der Waals surface area contributed by atoms with E-state index in [2.05, 4.69) is 0 Å². The Morgan fingerprint density at radius 2 is 1.50 bits per heavy atom. The van der Waals surface area contributed by atoms with Crippen molar-refractivity contribution in [2.75, 3.05) is 0 Å². The minimum Gasteiger partial charge on any atom is -0.481 e. The van der Waals surface area contributed by atoms with Crippen molar-refractivity contribution >= 4 is 17.5 Å². The van der Waals surface area contributed by atoms with Gasteiger partial charge in [0, 0.05) is 17.5 Å². The molecule has 84 valence electrons. The van der Waals surface area contributed by atoms with Crippen molar-refractivity contribution in [2.24, 2.45) is 0 Å². The second-order valence-electron chi connectivity index (χ2n) is 3.45. The zero-order valence-corrected chi connectivity index (χ0v) is 8.90. The molecule has 1 aromatic carbocycles. The predicted molar refractivity (Wildman–Crippen MR) is 57.6 cm³/mol. The van der Waals surface area contributed by atoms with Gasteiger partial charge in [0.05, 0.1) is 6.42 Å². The third-order valence-electron chi connectivity index (χ3n) is 2.18. The first kappa shape index (κ1) is 12.1. The lowest BCUT2D eigenvalue weighted by Gasteiger charge is -2.00. The summed E-state index contributed by atoms with van der Waals surface area (Å²) in [6, 6.07) is 6.22. The Labute approximate surface area is 92.9 Å². The Bertz CT molecular complexity index is 417. The highest BCUT2D eigenvalue weighted by molar-refractivity contribution is 5.99. The molecule has 0 unspecified atom stereocenters. The second kappa shape index (κ2) is 5.21. The molecule has 0 atom stereocenters. The number of carbonyl (C=O) groups is 3. The molecule has 1 rings (SSSR count). The van der Waals surface area contributed by atoms with E-state index in [4.69, 9.17) is 5.11 Å². The predicted octanol–water partition coefficient (Wildman–Crippen LogP) is 1.94. The van der Waals surface area contributed by atoms with Gasteiger partial charge >= 0.3 is 5.97 Å². The summed E-state index contributed by atoms with van der Waals surface area (Å²) in [5, 5.41) is 8.43. The molecule has 1 N–H and O–H groups in total. The highest BCUT2D eigenvalue weighted by Crippen LogP contribution is 2.08. The van der Waals surface area contributed by atoms with Crippen LogP contribution in [0, 0.1) is 0 Å². The molecule has 4 nitrogen and oxygen atoms in total. The lowest BCUT2D eigenvalue weighted by Crippen LogP contribution is -2.04. The molecule has 0 radical (unpaired) electrons. The number of carboxylic acids is 1. The van der Waals surface area contributed by atoms with Crippen LogP contribution in [0.25, 0.3) is 0 Å². The normalized spacial score (nSPS) is 9.81. The summed E-state index contributed by atoms with van der Waals surface area (Å²) in [4.78, 5) is 32.7. The first-order valence-electron chi connectivity index (χ1n) is 4.86. The number of hydrogen-bond donors (Lipinski definition) is 1. The van der Waals surface area contributed by atoms with Crippen LogP contribution in [-0.2, 0) is 4.79 Å². The molecular weight excluding hydrogens is 208 g/mol. The number of benzene rings is 1.